The van der Waals surface area contributed by atoms with Gasteiger partial charge in [-0.3, -0.25) is 4.79 Å². The molecule has 2 aromatic carbocycles. The van der Waals surface area contributed by atoms with Gasteiger partial charge in [-0.2, -0.15) is 0 Å². The second-order valence-corrected chi connectivity index (χ2v) is 6.88. The van der Waals surface area contributed by atoms with Crippen LogP contribution in [0.4, 0.5) is 5.69 Å². The fraction of sp³-hybridized carbons (Fsp3) is 0.318. The molecule has 2 N–H and O–H groups in total. The number of ether oxygens (including phenoxy) is 2. The lowest BCUT2D eigenvalue weighted by Crippen LogP contribution is -2.16. The van der Waals surface area contributed by atoms with E-state index in [1.807, 2.05) is 48.7 Å². The standard InChI is InChI=1S/C22H24N2O3/c25-22(11-10-16-14-23-21-9-2-1-8-20(16)21)24-17-5-3-6-18(13-17)27-15-19-7-4-12-26-19/h1-3,5-6,8-9,13-14,19,23H,4,7,10-12,15H2,(H,24,25). The molecule has 1 amide bonds. The lowest BCUT2D eigenvalue weighted by atomic mass is 10.1. The van der Waals surface area contributed by atoms with Crippen LogP contribution in [0.25, 0.3) is 10.9 Å². The van der Waals surface area contributed by atoms with Crippen LogP contribution in [0.1, 0.15) is 24.8 Å². The molecule has 27 heavy (non-hydrogen) atoms. The first kappa shape index (κ1) is 17.6. The van der Waals surface area contributed by atoms with Gasteiger partial charge in [0.15, 0.2) is 0 Å². The lowest BCUT2D eigenvalue weighted by molar-refractivity contribution is -0.116. The van der Waals surface area contributed by atoms with Gasteiger partial charge in [-0.1, -0.05) is 24.3 Å². The van der Waals surface area contributed by atoms with E-state index in [2.05, 4.69) is 16.4 Å². The third-order valence-corrected chi connectivity index (χ3v) is 4.87. The first-order valence-corrected chi connectivity index (χ1v) is 9.47. The minimum Gasteiger partial charge on any atom is -0.491 e. The van der Waals surface area contributed by atoms with Gasteiger partial charge in [-0.05, 0) is 43.0 Å². The number of aromatic amines is 1. The van der Waals surface area contributed by atoms with Crippen molar-refractivity contribution in [3.63, 3.8) is 0 Å². The van der Waals surface area contributed by atoms with Crippen LogP contribution in [0.2, 0.25) is 0 Å². The summed E-state index contributed by atoms with van der Waals surface area (Å²) in [5, 5.41) is 4.14. The number of H-pyrrole nitrogens is 1. The second kappa shape index (κ2) is 8.27. The minimum atomic E-state index is -0.00319. The number of amides is 1. The molecule has 0 aliphatic carbocycles. The van der Waals surface area contributed by atoms with Crippen molar-refractivity contribution in [3.05, 3.63) is 60.3 Å². The van der Waals surface area contributed by atoms with Gasteiger partial charge >= 0.3 is 0 Å². The summed E-state index contributed by atoms with van der Waals surface area (Å²) in [6, 6.07) is 15.7. The molecular formula is C22H24N2O3. The number of aryl methyl sites for hydroxylation is 1. The molecule has 0 saturated carbocycles. The minimum absolute atomic E-state index is 0.00319. The first-order valence-electron chi connectivity index (χ1n) is 9.47. The van der Waals surface area contributed by atoms with E-state index in [1.165, 1.54) is 5.39 Å². The molecule has 5 nitrogen and oxygen atoms in total. The Labute approximate surface area is 158 Å². The van der Waals surface area contributed by atoms with Crippen LogP contribution in [0.3, 0.4) is 0 Å². The van der Waals surface area contributed by atoms with E-state index in [9.17, 15) is 4.79 Å². The van der Waals surface area contributed by atoms with Gasteiger partial charge in [0, 0.05) is 41.9 Å². The molecule has 1 fully saturated rings. The largest absolute Gasteiger partial charge is 0.491 e. The number of carbonyl (C=O) groups is 1. The maximum atomic E-state index is 12.3. The number of hydrogen-bond acceptors (Lipinski definition) is 3. The number of para-hydroxylation sites is 1. The Morgan fingerprint density at radius 2 is 2.15 bits per heavy atom. The highest BCUT2D eigenvalue weighted by Gasteiger charge is 2.16. The molecule has 1 atom stereocenters. The fourth-order valence-corrected chi connectivity index (χ4v) is 3.44. The van der Waals surface area contributed by atoms with E-state index in [0.717, 1.165) is 42.0 Å². The number of benzene rings is 2. The summed E-state index contributed by atoms with van der Waals surface area (Å²) < 4.78 is 11.4. The SMILES string of the molecule is O=C(CCc1c[nH]c2ccccc12)Nc1cccc(OCC2CCCO2)c1. The number of nitrogens with one attached hydrogen (secondary N) is 2. The lowest BCUT2D eigenvalue weighted by Gasteiger charge is -2.12. The molecule has 0 radical (unpaired) electrons. The van der Waals surface area contributed by atoms with Crippen LogP contribution in [0.5, 0.6) is 5.75 Å². The van der Waals surface area contributed by atoms with E-state index in [-0.39, 0.29) is 12.0 Å². The van der Waals surface area contributed by atoms with Crippen LogP contribution in [0, 0.1) is 0 Å². The average Bonchev–Trinajstić information content (AvgIpc) is 3.35. The topological polar surface area (TPSA) is 63.4 Å². The van der Waals surface area contributed by atoms with E-state index in [4.69, 9.17) is 9.47 Å². The maximum absolute atomic E-state index is 12.3. The highest BCUT2D eigenvalue weighted by atomic mass is 16.5. The van der Waals surface area contributed by atoms with E-state index in [1.54, 1.807) is 0 Å². The second-order valence-electron chi connectivity index (χ2n) is 6.88. The van der Waals surface area contributed by atoms with Crippen molar-refractivity contribution in [1.82, 2.24) is 4.98 Å². The average molecular weight is 364 g/mol. The molecular weight excluding hydrogens is 340 g/mol. The molecule has 140 valence electrons. The van der Waals surface area contributed by atoms with E-state index >= 15 is 0 Å². The summed E-state index contributed by atoms with van der Waals surface area (Å²) in [5.41, 5.74) is 3.02. The Hall–Kier alpha value is -2.79. The van der Waals surface area contributed by atoms with E-state index < -0.39 is 0 Å². The zero-order valence-corrected chi connectivity index (χ0v) is 15.2. The molecule has 1 aliphatic heterocycles. The number of aromatic nitrogens is 1. The van der Waals surface area contributed by atoms with Crippen molar-refractivity contribution in [3.8, 4) is 5.75 Å². The molecule has 0 spiro atoms. The third kappa shape index (κ3) is 4.49. The summed E-state index contributed by atoms with van der Waals surface area (Å²) in [6.07, 6.45) is 5.44. The Morgan fingerprint density at radius 1 is 1.22 bits per heavy atom. The molecule has 3 aromatic rings. The third-order valence-electron chi connectivity index (χ3n) is 4.87. The molecule has 1 unspecified atom stereocenters. The summed E-state index contributed by atoms with van der Waals surface area (Å²) in [5.74, 6) is 0.747. The zero-order valence-electron chi connectivity index (χ0n) is 15.2. The molecule has 1 aliphatic rings. The van der Waals surface area contributed by atoms with Gasteiger partial charge in [0.25, 0.3) is 0 Å². The van der Waals surface area contributed by atoms with Crippen LogP contribution >= 0.6 is 0 Å². The number of carbonyl (C=O) groups excluding carboxylic acids is 1. The van der Waals surface area contributed by atoms with Crippen molar-refractivity contribution >= 4 is 22.5 Å². The molecule has 2 heterocycles. The Balaban J connectivity index is 1.30. The number of hydrogen-bond donors (Lipinski definition) is 2. The van der Waals surface area contributed by atoms with Gasteiger partial charge in [-0.25, -0.2) is 0 Å². The Kier molecular flexibility index (Phi) is 5.39. The predicted molar refractivity (Wildman–Crippen MR) is 106 cm³/mol. The summed E-state index contributed by atoms with van der Waals surface area (Å²) in [4.78, 5) is 15.6. The first-order chi connectivity index (χ1) is 13.3. The van der Waals surface area contributed by atoms with Gasteiger partial charge < -0.3 is 19.8 Å². The normalized spacial score (nSPS) is 16.5. The summed E-state index contributed by atoms with van der Waals surface area (Å²) in [7, 11) is 0. The monoisotopic (exact) mass is 364 g/mol. The highest BCUT2D eigenvalue weighted by molar-refractivity contribution is 5.91. The fourth-order valence-electron chi connectivity index (χ4n) is 3.44. The smallest absolute Gasteiger partial charge is 0.224 e. The molecule has 1 saturated heterocycles. The Bertz CT molecular complexity index is 913. The van der Waals surface area contributed by atoms with Crippen LogP contribution < -0.4 is 10.1 Å². The van der Waals surface area contributed by atoms with Crippen molar-refractivity contribution in [2.24, 2.45) is 0 Å². The van der Waals surface area contributed by atoms with Crippen molar-refractivity contribution in [1.29, 1.82) is 0 Å². The highest BCUT2D eigenvalue weighted by Crippen LogP contribution is 2.21. The van der Waals surface area contributed by atoms with Crippen molar-refractivity contribution < 1.29 is 14.3 Å². The summed E-state index contributed by atoms with van der Waals surface area (Å²) in [6.45, 7) is 1.37. The summed E-state index contributed by atoms with van der Waals surface area (Å²) >= 11 is 0. The van der Waals surface area contributed by atoms with Crippen molar-refractivity contribution in [2.45, 2.75) is 31.8 Å². The molecule has 4 rings (SSSR count). The molecule has 1 aromatic heterocycles. The number of anilines is 1. The van der Waals surface area contributed by atoms with Crippen LogP contribution in [0.15, 0.2) is 54.7 Å². The van der Waals surface area contributed by atoms with Gasteiger partial charge in [0.05, 0.1) is 6.10 Å². The van der Waals surface area contributed by atoms with Gasteiger partial charge in [0.1, 0.15) is 12.4 Å². The number of fused-ring (bicyclic) bond motifs is 1. The molecule has 0 bridgehead atoms. The predicted octanol–water partition coefficient (Wildman–Crippen LogP) is 4.30. The van der Waals surface area contributed by atoms with Crippen LogP contribution in [-0.4, -0.2) is 30.2 Å². The maximum Gasteiger partial charge on any atom is 0.224 e. The zero-order chi connectivity index (χ0) is 18.5. The Morgan fingerprint density at radius 3 is 3.04 bits per heavy atom. The van der Waals surface area contributed by atoms with Gasteiger partial charge in [-0.15, -0.1) is 0 Å². The van der Waals surface area contributed by atoms with E-state index in [0.29, 0.717) is 19.4 Å². The quantitative estimate of drug-likeness (QED) is 0.657. The van der Waals surface area contributed by atoms with Crippen molar-refractivity contribution in [2.75, 3.05) is 18.5 Å². The molecule has 5 heteroatoms. The van der Waals surface area contributed by atoms with Crippen LogP contribution in [-0.2, 0) is 16.0 Å². The van der Waals surface area contributed by atoms with Gasteiger partial charge in [0.2, 0.25) is 5.91 Å². The number of rotatable bonds is 7.